The normalized spacial score (nSPS) is 11.8. The second kappa shape index (κ2) is 8.47. The van der Waals surface area contributed by atoms with Gasteiger partial charge in [0.2, 0.25) is 0 Å². The molecule has 26 heavy (non-hydrogen) atoms. The first kappa shape index (κ1) is 18.7. The van der Waals surface area contributed by atoms with Gasteiger partial charge in [0.1, 0.15) is 11.5 Å². The first-order chi connectivity index (χ1) is 12.4. The molecular formula is C17H17N3O6. The number of methoxy groups -OCH3 is 1. The number of nitrogens with zero attached hydrogens (tertiary/aromatic N) is 2. The van der Waals surface area contributed by atoms with Crippen LogP contribution < -0.4 is 14.9 Å². The molecule has 0 aromatic heterocycles. The van der Waals surface area contributed by atoms with Crippen molar-refractivity contribution < 1.29 is 24.3 Å². The van der Waals surface area contributed by atoms with Crippen LogP contribution in [0.25, 0.3) is 0 Å². The van der Waals surface area contributed by atoms with Crippen LogP contribution in [0.4, 0.5) is 5.69 Å². The average Bonchev–Trinajstić information content (AvgIpc) is 2.62. The summed E-state index contributed by atoms with van der Waals surface area (Å²) in [6.45, 7) is 1.55. The van der Waals surface area contributed by atoms with E-state index in [-0.39, 0.29) is 0 Å². The minimum atomic E-state index is -0.826. The first-order valence-electron chi connectivity index (χ1n) is 7.51. The molecule has 2 N–H and O–H groups in total. The molecule has 9 heteroatoms. The largest absolute Gasteiger partial charge is 0.502 e. The van der Waals surface area contributed by atoms with Crippen molar-refractivity contribution in [3.63, 3.8) is 0 Å². The molecule has 0 bridgehead atoms. The third kappa shape index (κ3) is 4.94. The van der Waals surface area contributed by atoms with E-state index in [4.69, 9.17) is 9.47 Å². The third-order valence-corrected chi connectivity index (χ3v) is 3.31. The Bertz CT molecular complexity index is 837. The zero-order valence-electron chi connectivity index (χ0n) is 14.1. The number of ether oxygens (including phenoxy) is 2. The fourth-order valence-corrected chi connectivity index (χ4v) is 1.96. The van der Waals surface area contributed by atoms with Crippen molar-refractivity contribution in [1.82, 2.24) is 5.43 Å². The van der Waals surface area contributed by atoms with Gasteiger partial charge in [-0.1, -0.05) is 6.07 Å². The number of hydrogen-bond acceptors (Lipinski definition) is 7. The maximum Gasteiger partial charge on any atom is 0.311 e. The summed E-state index contributed by atoms with van der Waals surface area (Å²) in [5, 5.41) is 23.9. The van der Waals surface area contributed by atoms with Crippen LogP contribution in [0.15, 0.2) is 47.6 Å². The van der Waals surface area contributed by atoms with Gasteiger partial charge in [-0.3, -0.25) is 14.9 Å². The molecule has 1 atom stereocenters. The van der Waals surface area contributed by atoms with Gasteiger partial charge in [-0.05, 0) is 31.2 Å². The topological polar surface area (TPSA) is 123 Å². The van der Waals surface area contributed by atoms with Gasteiger partial charge in [0, 0.05) is 17.7 Å². The summed E-state index contributed by atoms with van der Waals surface area (Å²) in [5.41, 5.74) is 2.18. The Morgan fingerprint density at radius 3 is 2.73 bits per heavy atom. The third-order valence-electron chi connectivity index (χ3n) is 3.31. The molecule has 2 rings (SSSR count). The van der Waals surface area contributed by atoms with Crippen molar-refractivity contribution in [2.45, 2.75) is 13.0 Å². The Balaban J connectivity index is 1.95. The Morgan fingerprint density at radius 2 is 2.04 bits per heavy atom. The summed E-state index contributed by atoms with van der Waals surface area (Å²) in [7, 11) is 1.53. The Hall–Kier alpha value is -3.62. The number of rotatable bonds is 7. The van der Waals surface area contributed by atoms with Gasteiger partial charge in [0.25, 0.3) is 5.91 Å². The van der Waals surface area contributed by atoms with Crippen molar-refractivity contribution in [2.75, 3.05) is 7.11 Å². The summed E-state index contributed by atoms with van der Waals surface area (Å²) in [6.07, 6.45) is 0.399. The molecule has 0 radical (unpaired) electrons. The standard InChI is InChI=1S/C17H17N3O6/c1-11(26-14-5-3-4-13(9-14)25-2)17(22)19-18-10-12-6-7-16(21)15(8-12)20(23)24/h3-11,21H,1-2H3,(H,19,22)/b18-10+. The fourth-order valence-electron chi connectivity index (χ4n) is 1.96. The predicted octanol–water partition coefficient (Wildman–Crippen LogP) is 2.23. The Morgan fingerprint density at radius 1 is 1.31 bits per heavy atom. The number of phenolic OH excluding ortho intramolecular Hbond substituents is 1. The van der Waals surface area contributed by atoms with Gasteiger partial charge in [-0.2, -0.15) is 5.10 Å². The van der Waals surface area contributed by atoms with Crippen LogP contribution in [0.1, 0.15) is 12.5 Å². The minimum absolute atomic E-state index is 0.344. The summed E-state index contributed by atoms with van der Waals surface area (Å²) in [6, 6.07) is 10.5. The molecule has 0 heterocycles. The van der Waals surface area contributed by atoms with E-state index < -0.39 is 28.4 Å². The van der Waals surface area contributed by atoms with Gasteiger partial charge in [-0.25, -0.2) is 5.43 Å². The van der Waals surface area contributed by atoms with Crippen LogP contribution in [0.5, 0.6) is 17.2 Å². The van der Waals surface area contributed by atoms with Crippen LogP contribution in [0.2, 0.25) is 0 Å². The highest BCUT2D eigenvalue weighted by atomic mass is 16.6. The molecule has 1 amide bonds. The van der Waals surface area contributed by atoms with E-state index in [2.05, 4.69) is 10.5 Å². The smallest absolute Gasteiger partial charge is 0.311 e. The number of hydrogen-bond donors (Lipinski definition) is 2. The molecule has 0 saturated heterocycles. The zero-order valence-corrected chi connectivity index (χ0v) is 14.1. The molecule has 136 valence electrons. The SMILES string of the molecule is COc1cccc(OC(C)C(=O)N/N=C/c2ccc(O)c([N+](=O)[O-])c2)c1. The molecule has 2 aromatic carbocycles. The van der Waals surface area contributed by atoms with Gasteiger partial charge in [0.15, 0.2) is 11.9 Å². The number of hydrazone groups is 1. The van der Waals surface area contributed by atoms with Gasteiger partial charge < -0.3 is 14.6 Å². The van der Waals surface area contributed by atoms with Gasteiger partial charge in [0.05, 0.1) is 18.2 Å². The number of aromatic hydroxyl groups is 1. The molecular weight excluding hydrogens is 342 g/mol. The second-order valence-corrected chi connectivity index (χ2v) is 5.18. The van der Waals surface area contributed by atoms with Gasteiger partial charge in [-0.15, -0.1) is 0 Å². The lowest BCUT2D eigenvalue weighted by atomic mass is 10.2. The fraction of sp³-hybridized carbons (Fsp3) is 0.176. The molecule has 0 aliphatic rings. The van der Waals surface area contributed by atoms with Gasteiger partial charge >= 0.3 is 5.69 Å². The molecule has 9 nitrogen and oxygen atoms in total. The predicted molar refractivity (Wildman–Crippen MR) is 93.6 cm³/mol. The van der Waals surface area contributed by atoms with E-state index in [0.717, 1.165) is 6.07 Å². The molecule has 1 unspecified atom stereocenters. The number of carbonyl (C=O) groups excluding carboxylic acids is 1. The molecule has 0 aliphatic heterocycles. The highest BCUT2D eigenvalue weighted by Crippen LogP contribution is 2.25. The highest BCUT2D eigenvalue weighted by molar-refractivity contribution is 5.85. The first-order valence-corrected chi connectivity index (χ1v) is 7.51. The lowest BCUT2D eigenvalue weighted by molar-refractivity contribution is -0.385. The number of nitro benzene ring substituents is 1. The highest BCUT2D eigenvalue weighted by Gasteiger charge is 2.15. The number of amides is 1. The van der Waals surface area contributed by atoms with Crippen LogP contribution in [0, 0.1) is 10.1 Å². The van der Waals surface area contributed by atoms with E-state index >= 15 is 0 Å². The lowest BCUT2D eigenvalue weighted by Gasteiger charge is -2.13. The maximum atomic E-state index is 12.0. The number of benzene rings is 2. The van der Waals surface area contributed by atoms with Crippen LogP contribution in [0.3, 0.4) is 0 Å². The summed E-state index contributed by atoms with van der Waals surface area (Å²) >= 11 is 0. The van der Waals surface area contributed by atoms with Crippen molar-refractivity contribution in [3.05, 3.63) is 58.1 Å². The molecule has 0 saturated carbocycles. The van der Waals surface area contributed by atoms with Crippen molar-refractivity contribution in [1.29, 1.82) is 0 Å². The molecule has 2 aromatic rings. The number of phenols is 1. The summed E-state index contributed by atoms with van der Waals surface area (Å²) in [4.78, 5) is 22.0. The summed E-state index contributed by atoms with van der Waals surface area (Å²) in [5.74, 6) is 0.112. The van der Waals surface area contributed by atoms with Crippen LogP contribution in [-0.2, 0) is 4.79 Å². The minimum Gasteiger partial charge on any atom is -0.502 e. The van der Waals surface area contributed by atoms with Crippen molar-refractivity contribution >= 4 is 17.8 Å². The second-order valence-electron chi connectivity index (χ2n) is 5.18. The lowest BCUT2D eigenvalue weighted by Crippen LogP contribution is -2.33. The van der Waals surface area contributed by atoms with E-state index in [0.29, 0.717) is 17.1 Å². The molecule has 0 spiro atoms. The molecule has 0 aliphatic carbocycles. The van der Waals surface area contributed by atoms with Crippen LogP contribution in [-0.4, -0.2) is 35.4 Å². The summed E-state index contributed by atoms with van der Waals surface area (Å²) < 4.78 is 10.6. The van der Waals surface area contributed by atoms with Crippen molar-refractivity contribution in [3.8, 4) is 17.2 Å². The monoisotopic (exact) mass is 359 g/mol. The average molecular weight is 359 g/mol. The van der Waals surface area contributed by atoms with E-state index in [1.54, 1.807) is 31.2 Å². The maximum absolute atomic E-state index is 12.0. The van der Waals surface area contributed by atoms with E-state index in [1.165, 1.54) is 25.5 Å². The Labute approximate surface area is 149 Å². The van der Waals surface area contributed by atoms with E-state index in [1.807, 2.05) is 0 Å². The van der Waals surface area contributed by atoms with Crippen molar-refractivity contribution in [2.24, 2.45) is 5.10 Å². The number of nitro groups is 1. The Kier molecular flexibility index (Phi) is 6.10. The zero-order chi connectivity index (χ0) is 19.1. The number of nitrogens with one attached hydrogen (secondary N) is 1. The van der Waals surface area contributed by atoms with Crippen LogP contribution >= 0.6 is 0 Å². The number of carbonyl (C=O) groups is 1. The molecule has 0 fully saturated rings. The quantitative estimate of drug-likeness (QED) is 0.444. The van der Waals surface area contributed by atoms with E-state index in [9.17, 15) is 20.0 Å².